The van der Waals surface area contributed by atoms with E-state index in [0.29, 0.717) is 29.5 Å². The van der Waals surface area contributed by atoms with Gasteiger partial charge in [0.2, 0.25) is 0 Å². The lowest BCUT2D eigenvalue weighted by atomic mass is 10.1. The molecule has 5 rings (SSSR count). The summed E-state index contributed by atoms with van der Waals surface area (Å²) in [6.45, 7) is 0.612. The highest BCUT2D eigenvalue weighted by Gasteiger charge is 2.25. The van der Waals surface area contributed by atoms with Crippen LogP contribution in [0.25, 0.3) is 22.3 Å². The number of amides is 1. The molecule has 0 radical (unpaired) electrons. The lowest BCUT2D eigenvalue weighted by Crippen LogP contribution is -2.42. The van der Waals surface area contributed by atoms with Crippen LogP contribution in [0, 0.1) is 5.82 Å². The van der Waals surface area contributed by atoms with Gasteiger partial charge in [0.05, 0.1) is 22.5 Å². The average molecular weight is 432 g/mol. The van der Waals surface area contributed by atoms with Crippen LogP contribution >= 0.6 is 0 Å². The Labute approximate surface area is 180 Å². The number of nitrogens with zero attached hydrogens (tertiary/aromatic N) is 3. The number of hydrogen-bond donors (Lipinski definition) is 1. The van der Waals surface area contributed by atoms with E-state index in [1.54, 1.807) is 34.8 Å². The molecule has 8 heteroatoms. The summed E-state index contributed by atoms with van der Waals surface area (Å²) in [4.78, 5) is 21.6. The summed E-state index contributed by atoms with van der Waals surface area (Å²) in [6.07, 6.45) is 1.75. The van der Waals surface area contributed by atoms with E-state index in [4.69, 9.17) is 0 Å². The van der Waals surface area contributed by atoms with E-state index in [2.05, 4.69) is 15.3 Å². The molecule has 0 spiro atoms. The van der Waals surface area contributed by atoms with Crippen molar-refractivity contribution in [3.8, 4) is 11.4 Å². The Balaban J connectivity index is 1.37. The molecule has 4 aromatic rings. The number of carbonyl (C=O) groups excluding carboxylic acids is 1. The first-order chi connectivity index (χ1) is 15.1. The fraction of sp³-hybridized carbons (Fsp3) is 0.0870. The van der Waals surface area contributed by atoms with Crippen molar-refractivity contribution in [2.24, 2.45) is 0 Å². The SMILES string of the molecule is O=C(Nc1cccc(-c2ncc3ccccc3n2)c1)c1ccc(N2CCS2=O)cc1F. The molecule has 6 nitrogen and oxygen atoms in total. The highest BCUT2D eigenvalue weighted by atomic mass is 32.2. The maximum atomic E-state index is 14.5. The van der Waals surface area contributed by atoms with Gasteiger partial charge < -0.3 is 5.32 Å². The Morgan fingerprint density at radius 1 is 1.06 bits per heavy atom. The summed E-state index contributed by atoms with van der Waals surface area (Å²) < 4.78 is 27.8. The van der Waals surface area contributed by atoms with Crippen LogP contribution in [0.5, 0.6) is 0 Å². The van der Waals surface area contributed by atoms with Gasteiger partial charge in [-0.2, -0.15) is 0 Å². The summed E-state index contributed by atoms with van der Waals surface area (Å²) in [5, 5.41) is 3.67. The van der Waals surface area contributed by atoms with Gasteiger partial charge in [-0.25, -0.2) is 18.6 Å². The van der Waals surface area contributed by atoms with Crippen molar-refractivity contribution in [2.45, 2.75) is 0 Å². The van der Waals surface area contributed by atoms with Crippen LogP contribution in [0.2, 0.25) is 0 Å². The smallest absolute Gasteiger partial charge is 0.258 e. The van der Waals surface area contributed by atoms with Gasteiger partial charge in [0.15, 0.2) is 5.82 Å². The van der Waals surface area contributed by atoms with Crippen molar-refractivity contribution < 1.29 is 13.4 Å². The number of fused-ring (bicyclic) bond motifs is 1. The van der Waals surface area contributed by atoms with Crippen LogP contribution in [0.4, 0.5) is 15.8 Å². The molecule has 1 atom stereocenters. The van der Waals surface area contributed by atoms with Gasteiger partial charge in [-0.3, -0.25) is 9.10 Å². The largest absolute Gasteiger partial charge is 0.322 e. The second-order valence-corrected chi connectivity index (χ2v) is 8.57. The number of benzene rings is 3. The Morgan fingerprint density at radius 3 is 2.71 bits per heavy atom. The van der Waals surface area contributed by atoms with E-state index in [-0.39, 0.29) is 5.56 Å². The van der Waals surface area contributed by atoms with Crippen molar-refractivity contribution in [1.82, 2.24) is 9.97 Å². The topological polar surface area (TPSA) is 75.2 Å². The molecule has 2 heterocycles. The molecule has 1 fully saturated rings. The second-order valence-electron chi connectivity index (χ2n) is 7.08. The van der Waals surface area contributed by atoms with Crippen molar-refractivity contribution in [2.75, 3.05) is 21.9 Å². The number of nitrogens with one attached hydrogen (secondary N) is 1. The molecule has 1 amide bonds. The van der Waals surface area contributed by atoms with Gasteiger partial charge in [-0.05, 0) is 36.4 Å². The van der Waals surface area contributed by atoms with E-state index in [1.165, 1.54) is 12.1 Å². The average Bonchev–Trinajstić information content (AvgIpc) is 2.78. The fourth-order valence-corrected chi connectivity index (χ4v) is 4.26. The molecule has 1 saturated heterocycles. The van der Waals surface area contributed by atoms with Crippen molar-refractivity contribution >= 4 is 39.2 Å². The highest BCUT2D eigenvalue weighted by Crippen LogP contribution is 2.26. The van der Waals surface area contributed by atoms with Crippen LogP contribution in [0.15, 0.2) is 72.9 Å². The monoisotopic (exact) mass is 432 g/mol. The molecule has 0 saturated carbocycles. The first kappa shape index (κ1) is 19.3. The van der Waals surface area contributed by atoms with Crippen molar-refractivity contribution in [3.05, 3.63) is 84.3 Å². The molecule has 1 aliphatic heterocycles. The predicted octanol–water partition coefficient (Wildman–Crippen LogP) is 4.17. The zero-order valence-electron chi connectivity index (χ0n) is 16.3. The molecule has 1 aromatic heterocycles. The lowest BCUT2D eigenvalue weighted by Gasteiger charge is -2.31. The molecule has 1 unspecified atom stereocenters. The molecule has 154 valence electrons. The quantitative estimate of drug-likeness (QED) is 0.525. The van der Waals surface area contributed by atoms with Crippen molar-refractivity contribution in [1.29, 1.82) is 0 Å². The number of rotatable bonds is 4. The minimum Gasteiger partial charge on any atom is -0.322 e. The Hall–Kier alpha value is -3.65. The maximum absolute atomic E-state index is 14.5. The van der Waals surface area contributed by atoms with Gasteiger partial charge >= 0.3 is 0 Å². The predicted molar refractivity (Wildman–Crippen MR) is 120 cm³/mol. The van der Waals surface area contributed by atoms with E-state index >= 15 is 0 Å². The van der Waals surface area contributed by atoms with Gasteiger partial charge in [0.25, 0.3) is 5.91 Å². The Bertz CT molecular complexity index is 1340. The first-order valence-corrected chi connectivity index (χ1v) is 11.0. The van der Waals surface area contributed by atoms with E-state index < -0.39 is 22.7 Å². The second kappa shape index (κ2) is 7.88. The molecule has 1 N–H and O–H groups in total. The van der Waals surface area contributed by atoms with Crippen LogP contribution in [-0.4, -0.2) is 32.4 Å². The summed E-state index contributed by atoms with van der Waals surface area (Å²) in [6, 6.07) is 19.0. The molecular formula is C23H17FN4O2S. The zero-order valence-corrected chi connectivity index (χ0v) is 17.1. The maximum Gasteiger partial charge on any atom is 0.258 e. The van der Waals surface area contributed by atoms with Crippen LogP contribution in [0.1, 0.15) is 10.4 Å². The fourth-order valence-electron chi connectivity index (χ4n) is 3.39. The van der Waals surface area contributed by atoms with Gasteiger partial charge in [-0.1, -0.05) is 30.3 Å². The van der Waals surface area contributed by atoms with Gasteiger partial charge in [0.1, 0.15) is 16.8 Å². The van der Waals surface area contributed by atoms with E-state index in [0.717, 1.165) is 16.5 Å². The zero-order chi connectivity index (χ0) is 21.4. The number of carbonyl (C=O) groups is 1. The van der Waals surface area contributed by atoms with Crippen LogP contribution in [-0.2, 0) is 11.0 Å². The highest BCUT2D eigenvalue weighted by molar-refractivity contribution is 7.88. The third-order valence-electron chi connectivity index (χ3n) is 5.07. The summed E-state index contributed by atoms with van der Waals surface area (Å²) in [7, 11) is -1.11. The Morgan fingerprint density at radius 2 is 1.94 bits per heavy atom. The number of hydrogen-bond acceptors (Lipinski definition) is 4. The minimum atomic E-state index is -1.11. The van der Waals surface area contributed by atoms with Crippen LogP contribution in [0.3, 0.4) is 0 Å². The molecule has 31 heavy (non-hydrogen) atoms. The normalized spacial score (nSPS) is 15.5. The summed E-state index contributed by atoms with van der Waals surface area (Å²) >= 11 is 0. The summed E-state index contributed by atoms with van der Waals surface area (Å²) in [5.41, 5.74) is 2.50. The van der Waals surface area contributed by atoms with Gasteiger partial charge in [-0.15, -0.1) is 0 Å². The first-order valence-electron chi connectivity index (χ1n) is 9.68. The standard InChI is InChI=1S/C23H17FN4O2S/c24-20-13-18(28-10-11-31(28)30)8-9-19(20)23(29)26-17-6-3-5-15(12-17)22-25-14-16-4-1-2-7-21(16)27-22/h1-9,12-14H,10-11H2,(H,26,29). The Kier molecular flexibility index (Phi) is 4.91. The number of halogens is 1. The lowest BCUT2D eigenvalue weighted by molar-refractivity contribution is 0.102. The van der Waals surface area contributed by atoms with E-state index in [1.807, 2.05) is 30.3 Å². The third-order valence-corrected chi connectivity index (χ3v) is 6.48. The van der Waals surface area contributed by atoms with Crippen LogP contribution < -0.4 is 9.62 Å². The molecule has 1 aliphatic rings. The van der Waals surface area contributed by atoms with Crippen molar-refractivity contribution in [3.63, 3.8) is 0 Å². The van der Waals surface area contributed by atoms with Gasteiger partial charge in [0, 0.05) is 29.4 Å². The number of para-hydroxylation sites is 1. The molecule has 0 aliphatic carbocycles. The van der Waals surface area contributed by atoms with E-state index in [9.17, 15) is 13.4 Å². The third kappa shape index (κ3) is 3.77. The summed E-state index contributed by atoms with van der Waals surface area (Å²) in [5.74, 6) is -0.118. The molecule has 3 aromatic carbocycles. The number of anilines is 2. The molecular weight excluding hydrogens is 415 g/mol. The minimum absolute atomic E-state index is 0.0811. The molecule has 0 bridgehead atoms. The number of aromatic nitrogens is 2.